The van der Waals surface area contributed by atoms with Crippen molar-refractivity contribution in [1.82, 2.24) is 9.55 Å². The molecule has 0 aliphatic heterocycles. The molecule has 0 fully saturated rings. The van der Waals surface area contributed by atoms with Crippen LogP contribution < -0.4 is 0 Å². The smallest absolute Gasteiger partial charge is 0.178 e. The molecule has 3 rings (SSSR count). The SMILES string of the molecule is Cc1ccc2[nH]c(=S)n(C(C)CCc3ccco3)c2c1. The molecular formula is C16H18N2OS. The molecule has 0 amide bonds. The molecular weight excluding hydrogens is 268 g/mol. The number of rotatable bonds is 4. The predicted octanol–water partition coefficient (Wildman–Crippen LogP) is 4.79. The van der Waals surface area contributed by atoms with Gasteiger partial charge in [-0.15, -0.1) is 0 Å². The van der Waals surface area contributed by atoms with Gasteiger partial charge in [0, 0.05) is 12.5 Å². The number of hydrogen-bond donors (Lipinski definition) is 1. The summed E-state index contributed by atoms with van der Waals surface area (Å²) in [5, 5.41) is 0. The highest BCUT2D eigenvalue weighted by molar-refractivity contribution is 7.71. The Bertz CT molecular complexity index is 767. The molecule has 104 valence electrons. The standard InChI is InChI=1S/C16H18N2OS/c1-11-5-8-14-15(10-11)18(16(20)17-14)12(2)6-7-13-4-3-9-19-13/h3-5,8-10,12H,6-7H2,1-2H3,(H,17,20). The van der Waals surface area contributed by atoms with Gasteiger partial charge >= 0.3 is 0 Å². The molecule has 1 atom stereocenters. The highest BCUT2D eigenvalue weighted by Gasteiger charge is 2.12. The first-order valence-electron chi connectivity index (χ1n) is 6.88. The van der Waals surface area contributed by atoms with Gasteiger partial charge in [-0.3, -0.25) is 0 Å². The highest BCUT2D eigenvalue weighted by Crippen LogP contribution is 2.23. The minimum atomic E-state index is 0.336. The number of nitrogens with zero attached hydrogens (tertiary/aromatic N) is 1. The molecule has 0 aliphatic rings. The van der Waals surface area contributed by atoms with Crippen molar-refractivity contribution in [3.05, 3.63) is 52.7 Å². The van der Waals surface area contributed by atoms with Gasteiger partial charge in [-0.1, -0.05) is 6.07 Å². The lowest BCUT2D eigenvalue weighted by Crippen LogP contribution is -2.06. The Kier molecular flexibility index (Phi) is 3.49. The molecule has 4 heteroatoms. The highest BCUT2D eigenvalue weighted by atomic mass is 32.1. The molecule has 0 bridgehead atoms. The van der Waals surface area contributed by atoms with Gasteiger partial charge in [0.05, 0.1) is 17.3 Å². The van der Waals surface area contributed by atoms with Crippen molar-refractivity contribution < 1.29 is 4.42 Å². The fourth-order valence-corrected chi connectivity index (χ4v) is 2.99. The number of H-pyrrole nitrogens is 1. The summed E-state index contributed by atoms with van der Waals surface area (Å²) < 4.78 is 8.39. The third-order valence-electron chi connectivity index (χ3n) is 3.70. The predicted molar refractivity (Wildman–Crippen MR) is 83.6 cm³/mol. The first-order valence-corrected chi connectivity index (χ1v) is 7.29. The molecule has 2 heterocycles. The molecule has 1 aromatic carbocycles. The van der Waals surface area contributed by atoms with Crippen molar-refractivity contribution in [2.24, 2.45) is 0 Å². The molecule has 0 saturated carbocycles. The molecule has 2 aromatic heterocycles. The molecule has 1 unspecified atom stereocenters. The van der Waals surface area contributed by atoms with E-state index in [0.717, 1.165) is 28.9 Å². The van der Waals surface area contributed by atoms with Crippen molar-refractivity contribution in [2.75, 3.05) is 0 Å². The van der Waals surface area contributed by atoms with E-state index in [-0.39, 0.29) is 0 Å². The van der Waals surface area contributed by atoms with Crippen LogP contribution in [0, 0.1) is 11.7 Å². The fourth-order valence-electron chi connectivity index (χ4n) is 2.60. The van der Waals surface area contributed by atoms with Crippen LogP contribution in [0.5, 0.6) is 0 Å². The van der Waals surface area contributed by atoms with Gasteiger partial charge in [0.1, 0.15) is 5.76 Å². The van der Waals surface area contributed by atoms with Gasteiger partial charge in [0.15, 0.2) is 4.77 Å². The normalized spacial score (nSPS) is 12.9. The van der Waals surface area contributed by atoms with Gasteiger partial charge in [0.2, 0.25) is 0 Å². The maximum Gasteiger partial charge on any atom is 0.178 e. The molecule has 0 saturated heterocycles. The number of furan rings is 1. The Morgan fingerprint density at radius 3 is 2.95 bits per heavy atom. The largest absolute Gasteiger partial charge is 0.469 e. The average molecular weight is 286 g/mol. The number of imidazole rings is 1. The first-order chi connectivity index (χ1) is 9.65. The van der Waals surface area contributed by atoms with Crippen molar-refractivity contribution in [1.29, 1.82) is 0 Å². The summed E-state index contributed by atoms with van der Waals surface area (Å²) in [6, 6.07) is 10.7. The zero-order chi connectivity index (χ0) is 14.1. The number of aromatic amines is 1. The minimum absolute atomic E-state index is 0.336. The van der Waals surface area contributed by atoms with Gasteiger partial charge < -0.3 is 14.0 Å². The monoisotopic (exact) mass is 286 g/mol. The summed E-state index contributed by atoms with van der Waals surface area (Å²) in [5.74, 6) is 1.03. The lowest BCUT2D eigenvalue weighted by Gasteiger charge is -2.14. The lowest BCUT2D eigenvalue weighted by molar-refractivity contribution is 0.455. The third-order valence-corrected chi connectivity index (χ3v) is 4.00. The molecule has 0 spiro atoms. The van der Waals surface area contributed by atoms with Crippen LogP contribution in [0.1, 0.15) is 30.7 Å². The number of fused-ring (bicyclic) bond motifs is 1. The quantitative estimate of drug-likeness (QED) is 0.699. The van der Waals surface area contributed by atoms with E-state index in [9.17, 15) is 0 Å². The van der Waals surface area contributed by atoms with Crippen molar-refractivity contribution in [3.8, 4) is 0 Å². The molecule has 0 aliphatic carbocycles. The Balaban J connectivity index is 1.90. The lowest BCUT2D eigenvalue weighted by atomic mass is 10.1. The van der Waals surface area contributed by atoms with E-state index in [1.165, 1.54) is 11.1 Å². The van der Waals surface area contributed by atoms with Crippen LogP contribution in [-0.2, 0) is 6.42 Å². The Morgan fingerprint density at radius 1 is 1.35 bits per heavy atom. The minimum Gasteiger partial charge on any atom is -0.469 e. The Hall–Kier alpha value is -1.81. The summed E-state index contributed by atoms with van der Waals surface area (Å²) in [5.41, 5.74) is 3.53. The van der Waals surface area contributed by atoms with Crippen LogP contribution in [0.2, 0.25) is 0 Å². The van der Waals surface area contributed by atoms with Crippen molar-refractivity contribution >= 4 is 23.3 Å². The van der Waals surface area contributed by atoms with Gasteiger partial charge in [-0.2, -0.15) is 0 Å². The van der Waals surface area contributed by atoms with Gasteiger partial charge in [0.25, 0.3) is 0 Å². The number of aryl methyl sites for hydroxylation is 2. The summed E-state index contributed by atoms with van der Waals surface area (Å²) >= 11 is 5.47. The van der Waals surface area contributed by atoms with E-state index in [0.29, 0.717) is 6.04 Å². The zero-order valence-electron chi connectivity index (χ0n) is 11.7. The summed E-state index contributed by atoms with van der Waals surface area (Å²) in [7, 11) is 0. The summed E-state index contributed by atoms with van der Waals surface area (Å²) in [4.78, 5) is 3.28. The molecule has 3 nitrogen and oxygen atoms in total. The number of nitrogens with one attached hydrogen (secondary N) is 1. The topological polar surface area (TPSA) is 33.9 Å². The maximum absolute atomic E-state index is 5.47. The van der Waals surface area contributed by atoms with E-state index >= 15 is 0 Å². The van der Waals surface area contributed by atoms with E-state index < -0.39 is 0 Å². The second-order valence-electron chi connectivity index (χ2n) is 5.29. The van der Waals surface area contributed by atoms with E-state index in [2.05, 4.69) is 41.6 Å². The van der Waals surface area contributed by atoms with E-state index in [1.54, 1.807) is 6.26 Å². The van der Waals surface area contributed by atoms with E-state index in [1.807, 2.05) is 12.1 Å². The van der Waals surface area contributed by atoms with Crippen LogP contribution >= 0.6 is 12.2 Å². The molecule has 3 aromatic rings. The zero-order valence-corrected chi connectivity index (χ0v) is 12.5. The Morgan fingerprint density at radius 2 is 2.20 bits per heavy atom. The second-order valence-corrected chi connectivity index (χ2v) is 5.67. The molecule has 0 radical (unpaired) electrons. The van der Waals surface area contributed by atoms with Crippen LogP contribution in [0.25, 0.3) is 11.0 Å². The van der Waals surface area contributed by atoms with Crippen LogP contribution in [-0.4, -0.2) is 9.55 Å². The summed E-state index contributed by atoms with van der Waals surface area (Å²) in [6.45, 7) is 4.31. The van der Waals surface area contributed by atoms with Gasteiger partial charge in [-0.05, 0) is 62.3 Å². The second kappa shape index (κ2) is 5.29. The van der Waals surface area contributed by atoms with E-state index in [4.69, 9.17) is 16.6 Å². The van der Waals surface area contributed by atoms with Crippen molar-refractivity contribution in [3.63, 3.8) is 0 Å². The molecule has 20 heavy (non-hydrogen) atoms. The van der Waals surface area contributed by atoms with Gasteiger partial charge in [-0.25, -0.2) is 0 Å². The fraction of sp³-hybridized carbons (Fsp3) is 0.312. The average Bonchev–Trinajstić information content (AvgIpc) is 3.02. The number of hydrogen-bond acceptors (Lipinski definition) is 2. The van der Waals surface area contributed by atoms with Crippen LogP contribution in [0.15, 0.2) is 41.0 Å². The van der Waals surface area contributed by atoms with Crippen LogP contribution in [0.4, 0.5) is 0 Å². The maximum atomic E-state index is 5.47. The number of aromatic nitrogens is 2. The first kappa shape index (κ1) is 13.2. The van der Waals surface area contributed by atoms with Crippen molar-refractivity contribution in [2.45, 2.75) is 32.7 Å². The van der Waals surface area contributed by atoms with Crippen LogP contribution in [0.3, 0.4) is 0 Å². The number of benzene rings is 1. The Labute approximate surface area is 123 Å². The molecule has 1 N–H and O–H groups in total. The summed E-state index contributed by atoms with van der Waals surface area (Å²) in [6.07, 6.45) is 3.65. The third kappa shape index (κ3) is 2.43.